The zero-order valence-electron chi connectivity index (χ0n) is 10.6. The zero-order valence-corrected chi connectivity index (χ0v) is 10.6. The number of aliphatic hydroxyl groups is 1. The van der Waals surface area contributed by atoms with E-state index in [0.717, 1.165) is 38.1 Å². The lowest BCUT2D eigenvalue weighted by molar-refractivity contribution is 0.122. The summed E-state index contributed by atoms with van der Waals surface area (Å²) in [4.78, 5) is 10.9. The topological polar surface area (TPSA) is 49.2 Å². The summed E-state index contributed by atoms with van der Waals surface area (Å²) in [6.07, 6.45) is 8.49. The van der Waals surface area contributed by atoms with Crippen LogP contribution >= 0.6 is 0 Å². The molecule has 0 amide bonds. The third-order valence-corrected chi connectivity index (χ3v) is 3.63. The van der Waals surface area contributed by atoms with Crippen molar-refractivity contribution < 1.29 is 5.11 Å². The van der Waals surface area contributed by atoms with Crippen LogP contribution in [0.4, 0.5) is 5.95 Å². The molecule has 1 aromatic rings. The van der Waals surface area contributed by atoms with E-state index >= 15 is 0 Å². The largest absolute Gasteiger partial charge is 0.393 e. The van der Waals surface area contributed by atoms with Gasteiger partial charge in [0.25, 0.3) is 0 Å². The molecule has 0 aromatic carbocycles. The molecule has 0 aliphatic heterocycles. The molecule has 1 aliphatic carbocycles. The Kier molecular flexibility index (Phi) is 3.94. The normalized spacial score (nSPS) is 24.6. The first kappa shape index (κ1) is 12.3. The van der Waals surface area contributed by atoms with E-state index < -0.39 is 0 Å². The molecule has 4 nitrogen and oxygen atoms in total. The van der Waals surface area contributed by atoms with Crippen LogP contribution in [-0.2, 0) is 6.42 Å². The van der Waals surface area contributed by atoms with Crippen LogP contribution in [0.1, 0.15) is 38.2 Å². The van der Waals surface area contributed by atoms with Crippen molar-refractivity contribution in [1.82, 2.24) is 9.97 Å². The lowest BCUT2D eigenvalue weighted by Crippen LogP contribution is -2.37. The van der Waals surface area contributed by atoms with Gasteiger partial charge < -0.3 is 10.0 Å². The first-order chi connectivity index (χ1) is 8.20. The maximum Gasteiger partial charge on any atom is 0.225 e. The lowest BCUT2D eigenvalue weighted by Gasteiger charge is -2.33. The fourth-order valence-electron chi connectivity index (χ4n) is 2.32. The molecule has 17 heavy (non-hydrogen) atoms. The predicted octanol–water partition coefficient (Wildman–Crippen LogP) is 1.78. The summed E-state index contributed by atoms with van der Waals surface area (Å²) < 4.78 is 0. The highest BCUT2D eigenvalue weighted by Gasteiger charge is 2.23. The number of nitrogens with zero attached hydrogens (tertiary/aromatic N) is 3. The number of hydrogen-bond donors (Lipinski definition) is 1. The Morgan fingerprint density at radius 3 is 2.35 bits per heavy atom. The summed E-state index contributed by atoms with van der Waals surface area (Å²) in [5.74, 6) is 0.795. The Bertz CT molecular complexity index is 344. The van der Waals surface area contributed by atoms with Gasteiger partial charge in [-0.25, -0.2) is 9.97 Å². The molecule has 1 fully saturated rings. The van der Waals surface area contributed by atoms with Crippen molar-refractivity contribution in [3.63, 3.8) is 0 Å². The van der Waals surface area contributed by atoms with Crippen LogP contribution in [0.5, 0.6) is 0 Å². The average molecular weight is 235 g/mol. The third-order valence-electron chi connectivity index (χ3n) is 3.63. The van der Waals surface area contributed by atoms with Crippen LogP contribution in [-0.4, -0.2) is 34.3 Å². The number of rotatable bonds is 3. The highest BCUT2D eigenvalue weighted by molar-refractivity contribution is 5.30. The van der Waals surface area contributed by atoms with Gasteiger partial charge in [-0.1, -0.05) is 6.92 Å². The summed E-state index contributed by atoms with van der Waals surface area (Å²) in [5, 5.41) is 9.50. The van der Waals surface area contributed by atoms with Crippen molar-refractivity contribution in [2.24, 2.45) is 0 Å². The molecule has 2 rings (SSSR count). The molecule has 0 unspecified atom stereocenters. The molecule has 0 saturated heterocycles. The number of aryl methyl sites for hydroxylation is 1. The van der Waals surface area contributed by atoms with E-state index in [1.54, 1.807) is 0 Å². The van der Waals surface area contributed by atoms with Gasteiger partial charge in [0.1, 0.15) is 0 Å². The van der Waals surface area contributed by atoms with Crippen LogP contribution in [0.25, 0.3) is 0 Å². The molecule has 0 atom stereocenters. The van der Waals surface area contributed by atoms with Crippen LogP contribution in [0.2, 0.25) is 0 Å². The van der Waals surface area contributed by atoms with Crippen molar-refractivity contribution >= 4 is 5.95 Å². The van der Waals surface area contributed by atoms with E-state index in [9.17, 15) is 5.11 Å². The monoisotopic (exact) mass is 235 g/mol. The molecule has 1 heterocycles. The molecule has 0 radical (unpaired) electrons. The Hall–Kier alpha value is -1.16. The van der Waals surface area contributed by atoms with Crippen molar-refractivity contribution in [2.45, 2.75) is 51.2 Å². The van der Waals surface area contributed by atoms with E-state index in [4.69, 9.17) is 0 Å². The summed E-state index contributed by atoms with van der Waals surface area (Å²) >= 11 is 0. The third kappa shape index (κ3) is 2.94. The van der Waals surface area contributed by atoms with Crippen molar-refractivity contribution in [3.05, 3.63) is 18.0 Å². The van der Waals surface area contributed by atoms with E-state index in [2.05, 4.69) is 21.8 Å². The van der Waals surface area contributed by atoms with Crippen LogP contribution < -0.4 is 4.90 Å². The maximum atomic E-state index is 9.50. The van der Waals surface area contributed by atoms with E-state index in [1.165, 1.54) is 5.56 Å². The Morgan fingerprint density at radius 2 is 1.82 bits per heavy atom. The maximum absolute atomic E-state index is 9.50. The molecule has 1 aliphatic rings. The Morgan fingerprint density at radius 1 is 1.24 bits per heavy atom. The van der Waals surface area contributed by atoms with E-state index in [1.807, 2.05) is 19.4 Å². The van der Waals surface area contributed by atoms with Gasteiger partial charge in [0.2, 0.25) is 5.95 Å². The van der Waals surface area contributed by atoms with Crippen LogP contribution in [0.15, 0.2) is 12.4 Å². The van der Waals surface area contributed by atoms with Crippen molar-refractivity contribution in [2.75, 3.05) is 11.9 Å². The highest BCUT2D eigenvalue weighted by Crippen LogP contribution is 2.24. The molecular weight excluding hydrogens is 214 g/mol. The molecule has 1 aromatic heterocycles. The summed E-state index contributed by atoms with van der Waals surface area (Å²) in [5.41, 5.74) is 1.17. The minimum Gasteiger partial charge on any atom is -0.393 e. The number of anilines is 1. The summed E-state index contributed by atoms with van der Waals surface area (Å²) in [6.45, 7) is 2.10. The lowest BCUT2D eigenvalue weighted by atomic mass is 9.92. The van der Waals surface area contributed by atoms with E-state index in [-0.39, 0.29) is 6.10 Å². The first-order valence-electron chi connectivity index (χ1n) is 6.42. The molecule has 1 N–H and O–H groups in total. The number of aromatic nitrogens is 2. The fraction of sp³-hybridized carbons (Fsp3) is 0.692. The molecule has 4 heteroatoms. The van der Waals surface area contributed by atoms with Gasteiger partial charge in [0.05, 0.1) is 6.10 Å². The molecule has 0 spiro atoms. The summed E-state index contributed by atoms with van der Waals surface area (Å²) in [7, 11) is 2.04. The smallest absolute Gasteiger partial charge is 0.225 e. The van der Waals surface area contributed by atoms with E-state index in [0.29, 0.717) is 6.04 Å². The number of hydrogen-bond acceptors (Lipinski definition) is 4. The highest BCUT2D eigenvalue weighted by atomic mass is 16.3. The summed E-state index contributed by atoms with van der Waals surface area (Å²) in [6, 6.07) is 0.464. The molecule has 1 saturated carbocycles. The minimum atomic E-state index is -0.108. The SMILES string of the molecule is CCc1cnc(N(C)C2CCC(O)CC2)nc1. The standard InChI is InChI=1S/C13H21N3O/c1-3-10-8-14-13(15-9-10)16(2)11-4-6-12(17)7-5-11/h8-9,11-12,17H,3-7H2,1-2H3. The van der Waals surface area contributed by atoms with Crippen LogP contribution in [0.3, 0.4) is 0 Å². The van der Waals surface area contributed by atoms with Crippen molar-refractivity contribution in [1.29, 1.82) is 0 Å². The predicted molar refractivity (Wildman–Crippen MR) is 68.1 cm³/mol. The Labute approximate surface area is 103 Å². The zero-order chi connectivity index (χ0) is 12.3. The second-order valence-corrected chi connectivity index (χ2v) is 4.82. The van der Waals surface area contributed by atoms with Gasteiger partial charge in [-0.05, 0) is 37.7 Å². The van der Waals surface area contributed by atoms with Gasteiger partial charge in [0, 0.05) is 25.5 Å². The second-order valence-electron chi connectivity index (χ2n) is 4.82. The second kappa shape index (κ2) is 5.45. The van der Waals surface area contributed by atoms with Gasteiger partial charge >= 0.3 is 0 Å². The quantitative estimate of drug-likeness (QED) is 0.867. The van der Waals surface area contributed by atoms with Gasteiger partial charge in [0.15, 0.2) is 0 Å². The average Bonchev–Trinajstić information content (AvgIpc) is 2.39. The van der Waals surface area contributed by atoms with Crippen LogP contribution in [0, 0.1) is 0 Å². The first-order valence-corrected chi connectivity index (χ1v) is 6.42. The fourth-order valence-corrected chi connectivity index (χ4v) is 2.32. The van der Waals surface area contributed by atoms with Gasteiger partial charge in [-0.2, -0.15) is 0 Å². The number of aliphatic hydroxyl groups excluding tert-OH is 1. The molecule has 0 bridgehead atoms. The Balaban J connectivity index is 2.00. The molecule has 94 valence electrons. The van der Waals surface area contributed by atoms with Crippen molar-refractivity contribution in [3.8, 4) is 0 Å². The molecular formula is C13H21N3O. The van der Waals surface area contributed by atoms with Gasteiger partial charge in [-0.3, -0.25) is 0 Å². The minimum absolute atomic E-state index is 0.108. The van der Waals surface area contributed by atoms with Gasteiger partial charge in [-0.15, -0.1) is 0 Å².